The van der Waals surface area contributed by atoms with Crippen molar-refractivity contribution in [3.63, 3.8) is 0 Å². The van der Waals surface area contributed by atoms with Gasteiger partial charge in [0, 0.05) is 6.04 Å². The summed E-state index contributed by atoms with van der Waals surface area (Å²) in [5.41, 5.74) is 0.767. The highest BCUT2D eigenvalue weighted by molar-refractivity contribution is 7.98. The van der Waals surface area contributed by atoms with Gasteiger partial charge >= 0.3 is 0 Å². The lowest BCUT2D eigenvalue weighted by Gasteiger charge is -2.27. The minimum absolute atomic E-state index is 0.0169. The first-order valence-corrected chi connectivity index (χ1v) is 11.0. The number of fused-ring (bicyclic) bond motifs is 1. The molecule has 0 radical (unpaired) electrons. The molecule has 1 N–H and O–H groups in total. The maximum absolute atomic E-state index is 12.9. The Bertz CT molecular complexity index is 655. The number of rotatable bonds is 10. The molecule has 0 saturated carbocycles. The summed E-state index contributed by atoms with van der Waals surface area (Å²) in [7, 11) is 0. The normalized spacial score (nSPS) is 15.8. The standard InChI is InChI=1S/C21H30N2O3S/c1-14(2)8-7-9-15(3)22-19(24)18(12-13-27-4)23-20(25)16-10-5-6-11-17(16)21(23)26/h5-6,10-11,14-15,18H,7-9,12-13H2,1-4H3,(H,22,24)/t15-,18+/m0/s1. The van der Waals surface area contributed by atoms with Crippen LogP contribution in [0.25, 0.3) is 0 Å². The molecule has 148 valence electrons. The summed E-state index contributed by atoms with van der Waals surface area (Å²) in [6, 6.07) is 6.02. The zero-order chi connectivity index (χ0) is 20.0. The van der Waals surface area contributed by atoms with E-state index >= 15 is 0 Å². The SMILES string of the molecule is CSCC[C@H](C(=O)N[C@@H](C)CCCC(C)C)N1C(=O)c2ccccc2C1=O. The van der Waals surface area contributed by atoms with Crippen molar-refractivity contribution in [2.75, 3.05) is 12.0 Å². The Labute approximate surface area is 166 Å². The first kappa shape index (κ1) is 21.5. The Hall–Kier alpha value is -1.82. The van der Waals surface area contributed by atoms with E-state index in [0.717, 1.165) is 24.2 Å². The van der Waals surface area contributed by atoms with Crippen molar-refractivity contribution < 1.29 is 14.4 Å². The minimum atomic E-state index is -0.766. The van der Waals surface area contributed by atoms with Crippen LogP contribution in [0.4, 0.5) is 0 Å². The van der Waals surface area contributed by atoms with Crippen molar-refractivity contribution in [2.24, 2.45) is 5.92 Å². The smallest absolute Gasteiger partial charge is 0.262 e. The van der Waals surface area contributed by atoms with Crippen molar-refractivity contribution in [2.45, 2.75) is 58.5 Å². The number of hydrogen-bond donors (Lipinski definition) is 1. The first-order chi connectivity index (χ1) is 12.9. The predicted molar refractivity (Wildman–Crippen MR) is 110 cm³/mol. The maximum atomic E-state index is 12.9. The lowest BCUT2D eigenvalue weighted by Crippen LogP contribution is -2.51. The average Bonchev–Trinajstić information content (AvgIpc) is 2.87. The molecular weight excluding hydrogens is 360 g/mol. The van der Waals surface area contributed by atoms with Crippen LogP contribution in [0.15, 0.2) is 24.3 Å². The second-order valence-corrected chi connectivity index (χ2v) is 8.54. The molecule has 0 fully saturated rings. The van der Waals surface area contributed by atoms with Gasteiger partial charge in [-0.3, -0.25) is 19.3 Å². The van der Waals surface area contributed by atoms with Crippen molar-refractivity contribution in [3.8, 4) is 0 Å². The summed E-state index contributed by atoms with van der Waals surface area (Å²) in [5, 5.41) is 3.01. The van der Waals surface area contributed by atoms with Gasteiger partial charge in [0.1, 0.15) is 6.04 Å². The molecule has 0 aliphatic carbocycles. The van der Waals surface area contributed by atoms with Crippen LogP contribution in [0.2, 0.25) is 0 Å². The molecule has 2 rings (SSSR count). The molecule has 1 aliphatic rings. The predicted octanol–water partition coefficient (Wildman–Crippen LogP) is 3.74. The molecule has 3 amide bonds. The lowest BCUT2D eigenvalue weighted by atomic mass is 10.0. The Morgan fingerprint density at radius 1 is 1.04 bits per heavy atom. The van der Waals surface area contributed by atoms with Gasteiger partial charge in [-0.1, -0.05) is 38.8 Å². The molecule has 1 aliphatic heterocycles. The van der Waals surface area contributed by atoms with Crippen LogP contribution in [-0.4, -0.2) is 46.7 Å². The molecular formula is C21H30N2O3S. The Morgan fingerprint density at radius 3 is 2.15 bits per heavy atom. The second kappa shape index (κ2) is 9.93. The molecule has 0 saturated heterocycles. The van der Waals surface area contributed by atoms with Crippen LogP contribution in [0, 0.1) is 5.92 Å². The number of thioether (sulfide) groups is 1. The van der Waals surface area contributed by atoms with Gasteiger partial charge in [-0.05, 0) is 49.8 Å². The van der Waals surface area contributed by atoms with Gasteiger partial charge in [-0.25, -0.2) is 0 Å². The minimum Gasteiger partial charge on any atom is -0.352 e. The Morgan fingerprint density at radius 2 is 1.63 bits per heavy atom. The second-order valence-electron chi connectivity index (χ2n) is 7.56. The van der Waals surface area contributed by atoms with E-state index in [4.69, 9.17) is 0 Å². The van der Waals surface area contributed by atoms with E-state index in [1.54, 1.807) is 36.0 Å². The molecule has 5 nitrogen and oxygen atoms in total. The number of amides is 3. The largest absolute Gasteiger partial charge is 0.352 e. The van der Waals surface area contributed by atoms with E-state index in [0.29, 0.717) is 29.2 Å². The lowest BCUT2D eigenvalue weighted by molar-refractivity contribution is -0.125. The first-order valence-electron chi connectivity index (χ1n) is 9.63. The van der Waals surface area contributed by atoms with E-state index in [2.05, 4.69) is 19.2 Å². The van der Waals surface area contributed by atoms with Crippen LogP contribution in [-0.2, 0) is 4.79 Å². The molecule has 0 aromatic heterocycles. The van der Waals surface area contributed by atoms with Crippen molar-refractivity contribution in [3.05, 3.63) is 35.4 Å². The van der Waals surface area contributed by atoms with E-state index in [9.17, 15) is 14.4 Å². The number of carbonyl (C=O) groups is 3. The summed E-state index contributed by atoms with van der Waals surface area (Å²) < 4.78 is 0. The maximum Gasteiger partial charge on any atom is 0.262 e. The highest BCUT2D eigenvalue weighted by Gasteiger charge is 2.42. The van der Waals surface area contributed by atoms with E-state index < -0.39 is 6.04 Å². The summed E-state index contributed by atoms with van der Waals surface area (Å²) in [6.45, 7) is 6.35. The fraction of sp³-hybridized carbons (Fsp3) is 0.571. The topological polar surface area (TPSA) is 66.5 Å². The molecule has 1 aromatic rings. The molecule has 27 heavy (non-hydrogen) atoms. The zero-order valence-electron chi connectivity index (χ0n) is 16.7. The zero-order valence-corrected chi connectivity index (χ0v) is 17.5. The molecule has 1 aromatic carbocycles. The third kappa shape index (κ3) is 5.34. The molecule has 0 spiro atoms. The molecule has 6 heteroatoms. The van der Waals surface area contributed by atoms with Crippen LogP contribution >= 0.6 is 11.8 Å². The summed E-state index contributed by atoms with van der Waals surface area (Å²) in [6.07, 6.45) is 5.46. The number of carbonyl (C=O) groups excluding carboxylic acids is 3. The van der Waals surface area contributed by atoms with Crippen molar-refractivity contribution >= 4 is 29.5 Å². The summed E-state index contributed by atoms with van der Waals surface area (Å²) >= 11 is 1.60. The number of nitrogens with zero attached hydrogens (tertiary/aromatic N) is 1. The molecule has 0 unspecified atom stereocenters. The van der Waals surface area contributed by atoms with Crippen LogP contribution in [0.3, 0.4) is 0 Å². The monoisotopic (exact) mass is 390 g/mol. The quantitative estimate of drug-likeness (QED) is 0.618. The average molecular weight is 391 g/mol. The van der Waals surface area contributed by atoms with Gasteiger partial charge in [0.05, 0.1) is 11.1 Å². The van der Waals surface area contributed by atoms with Gasteiger partial charge in [0.15, 0.2) is 0 Å². The molecule has 0 bridgehead atoms. The number of nitrogens with one attached hydrogen (secondary N) is 1. The van der Waals surface area contributed by atoms with Crippen LogP contribution in [0.1, 0.15) is 67.2 Å². The molecule has 1 heterocycles. The summed E-state index contributed by atoms with van der Waals surface area (Å²) in [5.74, 6) is 0.359. The van der Waals surface area contributed by atoms with Gasteiger partial charge in [-0.15, -0.1) is 0 Å². The van der Waals surface area contributed by atoms with E-state index in [1.165, 1.54) is 0 Å². The molecule has 2 atom stereocenters. The summed E-state index contributed by atoms with van der Waals surface area (Å²) in [4.78, 5) is 39.6. The van der Waals surface area contributed by atoms with Crippen LogP contribution < -0.4 is 5.32 Å². The van der Waals surface area contributed by atoms with Gasteiger partial charge in [0.2, 0.25) is 5.91 Å². The number of benzene rings is 1. The third-order valence-corrected chi connectivity index (χ3v) is 5.49. The Balaban J connectivity index is 2.10. The van der Waals surface area contributed by atoms with Crippen molar-refractivity contribution in [1.29, 1.82) is 0 Å². The Kier molecular flexibility index (Phi) is 7.90. The van der Waals surface area contributed by atoms with E-state index in [-0.39, 0.29) is 23.8 Å². The number of imide groups is 1. The van der Waals surface area contributed by atoms with Gasteiger partial charge < -0.3 is 5.32 Å². The third-order valence-electron chi connectivity index (χ3n) is 4.84. The fourth-order valence-electron chi connectivity index (χ4n) is 3.34. The van der Waals surface area contributed by atoms with Crippen LogP contribution in [0.5, 0.6) is 0 Å². The van der Waals surface area contributed by atoms with Gasteiger partial charge in [0.25, 0.3) is 11.8 Å². The van der Waals surface area contributed by atoms with Gasteiger partial charge in [-0.2, -0.15) is 11.8 Å². The number of hydrogen-bond acceptors (Lipinski definition) is 4. The highest BCUT2D eigenvalue weighted by atomic mass is 32.2. The van der Waals surface area contributed by atoms with E-state index in [1.807, 2.05) is 13.2 Å². The van der Waals surface area contributed by atoms with Crippen molar-refractivity contribution in [1.82, 2.24) is 10.2 Å². The highest BCUT2D eigenvalue weighted by Crippen LogP contribution is 2.26. The fourth-order valence-corrected chi connectivity index (χ4v) is 3.80.